The zero-order valence-electron chi connectivity index (χ0n) is 15.7. The second-order valence-electron chi connectivity index (χ2n) is 6.57. The molecule has 28 heavy (non-hydrogen) atoms. The Balaban J connectivity index is 0.00000280. The molecule has 158 valence electrons. The van der Waals surface area contributed by atoms with Crippen LogP contribution in [0.1, 0.15) is 12.0 Å². The van der Waals surface area contributed by atoms with Crippen molar-refractivity contribution < 1.29 is 18.3 Å². The molecule has 10 heteroatoms. The summed E-state index contributed by atoms with van der Waals surface area (Å²) >= 11 is 6.01. The Labute approximate surface area is 186 Å². The van der Waals surface area contributed by atoms with Crippen LogP contribution in [0.4, 0.5) is 8.78 Å². The monoisotopic (exact) mass is 530 g/mol. The SMILES string of the molecule is CN=C(NCc1cc(Cl)ccc1OC(F)F)N1CCC(N2CCOCC2)C1.I. The molecule has 2 saturated heterocycles. The van der Waals surface area contributed by atoms with E-state index in [-0.39, 0.29) is 29.7 Å². The first kappa shape index (κ1) is 23.4. The van der Waals surface area contributed by atoms with Gasteiger partial charge < -0.3 is 19.7 Å². The number of rotatable bonds is 5. The van der Waals surface area contributed by atoms with Crippen molar-refractivity contribution in [2.24, 2.45) is 4.99 Å². The van der Waals surface area contributed by atoms with Gasteiger partial charge in [0.2, 0.25) is 0 Å². The van der Waals surface area contributed by atoms with E-state index >= 15 is 0 Å². The van der Waals surface area contributed by atoms with Gasteiger partial charge in [0.25, 0.3) is 0 Å². The molecule has 0 aliphatic carbocycles. The number of likely N-dealkylation sites (tertiary alicyclic amines) is 1. The predicted molar refractivity (Wildman–Crippen MR) is 116 cm³/mol. The predicted octanol–water partition coefficient (Wildman–Crippen LogP) is 3.04. The van der Waals surface area contributed by atoms with E-state index in [9.17, 15) is 8.78 Å². The normalized spacial score (nSPS) is 21.0. The topological polar surface area (TPSA) is 49.3 Å². The van der Waals surface area contributed by atoms with Crippen molar-refractivity contribution in [3.05, 3.63) is 28.8 Å². The number of hydrogen-bond donors (Lipinski definition) is 1. The lowest BCUT2D eigenvalue weighted by Crippen LogP contribution is -2.46. The van der Waals surface area contributed by atoms with E-state index in [1.165, 1.54) is 12.1 Å². The number of ether oxygens (including phenoxy) is 2. The second kappa shape index (κ2) is 11.3. The molecule has 1 unspecified atom stereocenters. The van der Waals surface area contributed by atoms with Crippen LogP contribution in [-0.2, 0) is 11.3 Å². The van der Waals surface area contributed by atoms with Crippen molar-refractivity contribution in [1.82, 2.24) is 15.1 Å². The second-order valence-corrected chi connectivity index (χ2v) is 7.00. The number of hydrogen-bond acceptors (Lipinski definition) is 4. The van der Waals surface area contributed by atoms with Gasteiger partial charge in [0.05, 0.1) is 13.2 Å². The lowest BCUT2D eigenvalue weighted by atomic mass is 10.2. The Bertz CT molecular complexity index is 662. The van der Waals surface area contributed by atoms with Crippen LogP contribution in [0.5, 0.6) is 5.75 Å². The smallest absolute Gasteiger partial charge is 0.387 e. The average molecular weight is 531 g/mol. The molecule has 1 atom stereocenters. The first-order chi connectivity index (χ1) is 13.1. The standard InChI is InChI=1S/C18H25ClF2N4O2.HI/c1-22-18(25-5-4-15(12-25)24-6-8-26-9-7-24)23-11-13-10-14(19)2-3-16(13)27-17(20)21;/h2-3,10,15,17H,4-9,11-12H2,1H3,(H,22,23);1H. The fourth-order valence-electron chi connectivity index (χ4n) is 3.58. The van der Waals surface area contributed by atoms with E-state index in [0.29, 0.717) is 23.2 Å². The molecule has 3 rings (SSSR count). The molecule has 0 spiro atoms. The number of nitrogens with zero attached hydrogens (tertiary/aromatic N) is 3. The zero-order chi connectivity index (χ0) is 19.2. The molecule has 2 aliphatic heterocycles. The van der Waals surface area contributed by atoms with E-state index in [4.69, 9.17) is 16.3 Å². The summed E-state index contributed by atoms with van der Waals surface area (Å²) in [5.74, 6) is 0.860. The molecular weight excluding hydrogens is 505 g/mol. The fraction of sp³-hybridized carbons (Fsp3) is 0.611. The molecule has 1 aromatic rings. The van der Waals surface area contributed by atoms with Crippen LogP contribution in [0, 0.1) is 0 Å². The lowest BCUT2D eigenvalue weighted by Gasteiger charge is -2.32. The highest BCUT2D eigenvalue weighted by Crippen LogP contribution is 2.25. The molecule has 0 amide bonds. The van der Waals surface area contributed by atoms with Gasteiger partial charge in [-0.15, -0.1) is 24.0 Å². The summed E-state index contributed by atoms with van der Waals surface area (Å²) in [7, 11) is 1.72. The summed E-state index contributed by atoms with van der Waals surface area (Å²) in [4.78, 5) is 9.00. The summed E-state index contributed by atoms with van der Waals surface area (Å²) in [6, 6.07) is 5.10. The minimum Gasteiger partial charge on any atom is -0.434 e. The largest absolute Gasteiger partial charge is 0.434 e. The minimum absolute atomic E-state index is 0. The number of halogens is 4. The van der Waals surface area contributed by atoms with Gasteiger partial charge in [0.15, 0.2) is 5.96 Å². The Morgan fingerprint density at radius 2 is 2.11 bits per heavy atom. The Morgan fingerprint density at radius 1 is 1.36 bits per heavy atom. The van der Waals surface area contributed by atoms with Gasteiger partial charge >= 0.3 is 6.61 Å². The van der Waals surface area contributed by atoms with Crippen LogP contribution in [0.2, 0.25) is 5.02 Å². The van der Waals surface area contributed by atoms with Crippen molar-refractivity contribution in [1.29, 1.82) is 0 Å². The van der Waals surface area contributed by atoms with Crippen LogP contribution in [0.15, 0.2) is 23.2 Å². The molecule has 2 fully saturated rings. The van der Waals surface area contributed by atoms with Gasteiger partial charge in [-0.25, -0.2) is 0 Å². The molecule has 0 radical (unpaired) electrons. The zero-order valence-corrected chi connectivity index (χ0v) is 18.8. The van der Waals surface area contributed by atoms with Crippen LogP contribution < -0.4 is 10.1 Å². The number of morpholine rings is 1. The number of alkyl halides is 2. The van der Waals surface area contributed by atoms with Gasteiger partial charge in [0.1, 0.15) is 5.75 Å². The van der Waals surface area contributed by atoms with E-state index in [1.54, 1.807) is 13.1 Å². The summed E-state index contributed by atoms with van der Waals surface area (Å²) in [6.45, 7) is 2.69. The molecule has 1 N–H and O–H groups in total. The Morgan fingerprint density at radius 3 is 2.79 bits per heavy atom. The quantitative estimate of drug-likeness (QED) is 0.360. The summed E-state index contributed by atoms with van der Waals surface area (Å²) in [5.41, 5.74) is 0.563. The summed E-state index contributed by atoms with van der Waals surface area (Å²) < 4.78 is 35.2. The van der Waals surface area contributed by atoms with Gasteiger partial charge in [0, 0.05) is 56.4 Å². The highest BCUT2D eigenvalue weighted by atomic mass is 127. The van der Waals surface area contributed by atoms with Gasteiger partial charge in [-0.3, -0.25) is 9.89 Å². The van der Waals surface area contributed by atoms with Crippen LogP contribution in [-0.4, -0.2) is 74.9 Å². The summed E-state index contributed by atoms with van der Waals surface area (Å²) in [5, 5.41) is 3.71. The number of benzene rings is 1. The van der Waals surface area contributed by atoms with Crippen LogP contribution in [0.3, 0.4) is 0 Å². The average Bonchev–Trinajstić information content (AvgIpc) is 3.15. The lowest BCUT2D eigenvalue weighted by molar-refractivity contribution is -0.0504. The van der Waals surface area contributed by atoms with Crippen LogP contribution >= 0.6 is 35.6 Å². The van der Waals surface area contributed by atoms with E-state index < -0.39 is 6.61 Å². The Hall–Kier alpha value is -0.910. The first-order valence-corrected chi connectivity index (χ1v) is 9.45. The number of aliphatic imine (C=N–C) groups is 1. The van der Waals surface area contributed by atoms with E-state index in [0.717, 1.165) is 51.8 Å². The molecule has 0 bridgehead atoms. The maximum atomic E-state index is 12.6. The number of nitrogens with one attached hydrogen (secondary N) is 1. The molecule has 2 heterocycles. The molecule has 2 aliphatic rings. The van der Waals surface area contributed by atoms with Crippen molar-refractivity contribution in [2.45, 2.75) is 25.6 Å². The molecular formula is C18H26ClF2IN4O2. The van der Waals surface area contributed by atoms with E-state index in [2.05, 4.69) is 24.8 Å². The van der Waals surface area contributed by atoms with Crippen molar-refractivity contribution in [3.63, 3.8) is 0 Å². The Kier molecular flexibility index (Phi) is 9.45. The highest BCUT2D eigenvalue weighted by molar-refractivity contribution is 14.0. The van der Waals surface area contributed by atoms with E-state index in [1.807, 2.05) is 0 Å². The van der Waals surface area contributed by atoms with Gasteiger partial charge in [-0.05, 0) is 24.6 Å². The molecule has 6 nitrogen and oxygen atoms in total. The first-order valence-electron chi connectivity index (χ1n) is 9.07. The third-order valence-corrected chi connectivity index (χ3v) is 5.15. The van der Waals surface area contributed by atoms with Crippen molar-refractivity contribution in [2.75, 3.05) is 46.4 Å². The molecule has 0 aromatic heterocycles. The molecule has 0 saturated carbocycles. The van der Waals surface area contributed by atoms with Gasteiger partial charge in [-0.2, -0.15) is 8.78 Å². The minimum atomic E-state index is -2.88. The third-order valence-electron chi connectivity index (χ3n) is 4.91. The number of guanidine groups is 1. The maximum absolute atomic E-state index is 12.6. The highest BCUT2D eigenvalue weighted by Gasteiger charge is 2.30. The van der Waals surface area contributed by atoms with Crippen molar-refractivity contribution in [3.8, 4) is 5.75 Å². The maximum Gasteiger partial charge on any atom is 0.387 e. The van der Waals surface area contributed by atoms with Gasteiger partial charge in [-0.1, -0.05) is 11.6 Å². The van der Waals surface area contributed by atoms with Crippen molar-refractivity contribution >= 4 is 41.5 Å². The third kappa shape index (κ3) is 6.30. The fourth-order valence-corrected chi connectivity index (χ4v) is 3.77. The summed E-state index contributed by atoms with van der Waals surface area (Å²) in [6.07, 6.45) is 1.07. The van der Waals surface area contributed by atoms with Crippen LogP contribution in [0.25, 0.3) is 0 Å². The molecule has 1 aromatic carbocycles.